The highest BCUT2D eigenvalue weighted by Crippen LogP contribution is 1.98. The summed E-state index contributed by atoms with van der Waals surface area (Å²) in [7, 11) is -2.96. The Balaban J connectivity index is 2.85. The first-order valence-electron chi connectivity index (χ1n) is 1.04. The summed E-state index contributed by atoms with van der Waals surface area (Å²) < 4.78 is 14.8. The third kappa shape index (κ3) is 126. The second-order valence-electron chi connectivity index (χ2n) is 0.266. The van der Waals surface area contributed by atoms with Gasteiger partial charge in [-0.25, -0.2) is 0 Å². The van der Waals surface area contributed by atoms with Crippen LogP contribution in [0.2, 0.25) is 0 Å². The van der Waals surface area contributed by atoms with Gasteiger partial charge in [0.2, 0.25) is 1.43 Å². The fourth-order valence-corrected chi connectivity index (χ4v) is 0. The lowest BCUT2D eigenvalue weighted by atomic mass is 15.8. The van der Waals surface area contributed by atoms with Gasteiger partial charge < -0.3 is 9.79 Å². The molecule has 0 aliphatic heterocycles. The molecular formula is H3O3P. The molecule has 4 heavy (non-hydrogen) atoms. The quantitative estimate of drug-likeness (QED) is 0.414. The topological polar surface area (TPSA) is 57.5 Å². The lowest BCUT2D eigenvalue weighted by molar-refractivity contribution is 0.405. The van der Waals surface area contributed by atoms with Crippen LogP contribution < -0.4 is 0 Å². The van der Waals surface area contributed by atoms with Gasteiger partial charge in [-0.05, 0) is 0 Å². The summed E-state index contributed by atoms with van der Waals surface area (Å²) >= 11 is 0. The molecule has 0 rings (SSSR count). The summed E-state index contributed by atoms with van der Waals surface area (Å²) in [5.74, 6) is 0. The standard InChI is InChI=1S/H3O3P/c1-4(2)3/h4H,(H2,1,2,3)/i/hD. The van der Waals surface area contributed by atoms with Crippen LogP contribution in [0.3, 0.4) is 0 Å². The molecule has 0 fully saturated rings. The van der Waals surface area contributed by atoms with Crippen LogP contribution in [0.4, 0.5) is 0 Å². The van der Waals surface area contributed by atoms with Crippen molar-refractivity contribution < 1.29 is 14.4 Å². The van der Waals surface area contributed by atoms with Crippen molar-refractivity contribution in [1.82, 2.24) is 0 Å². The SMILES string of the molecule is [2H]O[PH](=O)O. The highest BCUT2D eigenvalue weighted by molar-refractivity contribution is 7.30. The van der Waals surface area contributed by atoms with Gasteiger partial charge >= 0.3 is 8.25 Å². The molecule has 0 radical (unpaired) electrons. The van der Waals surface area contributed by atoms with Gasteiger partial charge in [-0.3, -0.25) is 4.57 Å². The zero-order chi connectivity index (χ0) is 4.28. The van der Waals surface area contributed by atoms with E-state index < -0.39 is 8.25 Å². The molecule has 2 N–H and O–H groups in total. The minimum atomic E-state index is -2.96. The molecule has 3 nitrogen and oxygen atoms in total. The van der Waals surface area contributed by atoms with Gasteiger partial charge in [0.1, 0.15) is 0 Å². The minimum absolute atomic E-state index is 2.96. The van der Waals surface area contributed by atoms with E-state index in [1.54, 1.807) is 0 Å². The van der Waals surface area contributed by atoms with Crippen molar-refractivity contribution in [2.75, 3.05) is 0 Å². The van der Waals surface area contributed by atoms with Crippen LogP contribution in [0.5, 0.6) is 0 Å². The van der Waals surface area contributed by atoms with Crippen molar-refractivity contribution in [1.29, 1.82) is 1.43 Å². The summed E-state index contributed by atoms with van der Waals surface area (Å²) in [4.78, 5) is 10.6. The van der Waals surface area contributed by atoms with Crippen molar-refractivity contribution in [3.05, 3.63) is 0 Å². The van der Waals surface area contributed by atoms with Crippen LogP contribution in [0.1, 0.15) is 0 Å². The first-order valence-corrected chi connectivity index (χ1v) is 1.90. The Morgan fingerprint density at radius 2 is 2.50 bits per heavy atom. The van der Waals surface area contributed by atoms with Gasteiger partial charge in [-0.15, -0.1) is 0 Å². The maximum Gasteiger partial charge on any atom is 0.314 e. The summed E-state index contributed by atoms with van der Waals surface area (Å²) in [5.41, 5.74) is 0. The summed E-state index contributed by atoms with van der Waals surface area (Å²) in [6.45, 7) is 0. The van der Waals surface area contributed by atoms with Crippen molar-refractivity contribution in [2.24, 2.45) is 0 Å². The van der Waals surface area contributed by atoms with E-state index in [0.29, 0.717) is 0 Å². The largest absolute Gasteiger partial charge is 0.326 e. The molecule has 0 aromatic heterocycles. The van der Waals surface area contributed by atoms with E-state index in [4.69, 9.17) is 10.9 Å². The maximum atomic E-state index is 9.14. The molecule has 0 saturated heterocycles. The molecule has 26 valence electrons. The zero-order valence-electron chi connectivity index (χ0n) is 2.76. The van der Waals surface area contributed by atoms with E-state index in [2.05, 4.69) is 4.90 Å². The molecule has 0 spiro atoms. The third-order valence-corrected chi connectivity index (χ3v) is 0. The monoisotopic (exact) mass is 83.0 g/mol. The van der Waals surface area contributed by atoms with Crippen molar-refractivity contribution in [3.63, 3.8) is 0 Å². The number of hydrogen-bond acceptors (Lipinski definition) is 2. The highest BCUT2D eigenvalue weighted by Gasteiger charge is 1.61. The zero-order valence-corrected chi connectivity index (χ0v) is 2.76. The van der Waals surface area contributed by atoms with Crippen molar-refractivity contribution in [3.8, 4) is 0 Å². The molecule has 0 aliphatic rings. The highest BCUT2D eigenvalue weighted by atomic mass is 31.1. The Hall–Kier alpha value is 0.150. The molecule has 0 amide bonds. The lowest BCUT2D eigenvalue weighted by Crippen LogP contribution is -1.38. The van der Waals surface area contributed by atoms with Gasteiger partial charge in [0.25, 0.3) is 0 Å². The molecule has 0 aromatic rings. The second-order valence-corrected chi connectivity index (χ2v) is 0.798. The fraction of sp³-hybridized carbons (Fsp3) is 0. The van der Waals surface area contributed by atoms with E-state index in [0.717, 1.165) is 0 Å². The van der Waals surface area contributed by atoms with E-state index >= 15 is 0 Å². The average Bonchev–Trinajstić information content (AvgIpc) is 1.38. The first-order chi connectivity index (χ1) is 2.27. The maximum absolute atomic E-state index is 9.14. The van der Waals surface area contributed by atoms with E-state index in [9.17, 15) is 0 Å². The minimum Gasteiger partial charge on any atom is -0.326 e. The molecule has 1 atom stereocenters. The fourth-order valence-electron chi connectivity index (χ4n) is 0. The van der Waals surface area contributed by atoms with Gasteiger partial charge in [-0.1, -0.05) is 0 Å². The first kappa shape index (κ1) is 2.39. The molecular weight excluding hydrogens is 79.0 g/mol. The molecule has 1 unspecified atom stereocenters. The van der Waals surface area contributed by atoms with Crippen molar-refractivity contribution >= 4 is 8.25 Å². The summed E-state index contributed by atoms with van der Waals surface area (Å²) in [5, 5.41) is 0. The predicted molar refractivity (Wildman–Crippen MR) is 13.4 cm³/mol. The van der Waals surface area contributed by atoms with Crippen LogP contribution in [0.15, 0.2) is 0 Å². The van der Waals surface area contributed by atoms with Gasteiger partial charge in [-0.2, -0.15) is 0 Å². The number of rotatable bonds is 1. The summed E-state index contributed by atoms with van der Waals surface area (Å²) in [6, 6.07) is 0. The van der Waals surface area contributed by atoms with E-state index in [1.165, 1.54) is 0 Å². The molecule has 0 bridgehead atoms. The van der Waals surface area contributed by atoms with Crippen LogP contribution in [-0.2, 0) is 4.57 Å². The van der Waals surface area contributed by atoms with Crippen LogP contribution >= 0.6 is 8.25 Å². The van der Waals surface area contributed by atoms with Crippen molar-refractivity contribution in [2.45, 2.75) is 0 Å². The summed E-state index contributed by atoms with van der Waals surface area (Å²) in [6.07, 6.45) is 0. The molecule has 4 heteroatoms. The molecule has 0 aromatic carbocycles. The number of hydrogen-bond donors (Lipinski definition) is 2. The molecule has 0 aliphatic carbocycles. The van der Waals surface area contributed by atoms with Gasteiger partial charge in [0.15, 0.2) is 0 Å². The Morgan fingerprint density at radius 3 is 2.50 bits per heavy atom. The normalized spacial score (nSPS) is 18.8. The molecule has 0 saturated carbocycles. The Kier molecular flexibility index (Phi) is 0.877. The van der Waals surface area contributed by atoms with E-state index in [1.807, 2.05) is 0 Å². The van der Waals surface area contributed by atoms with Gasteiger partial charge in [0.05, 0.1) is 0 Å². The smallest absolute Gasteiger partial charge is 0.314 e. The van der Waals surface area contributed by atoms with Gasteiger partial charge in [0, 0.05) is 0 Å². The Bertz CT molecular complexity index is 42.2. The lowest BCUT2D eigenvalue weighted by Gasteiger charge is -1.61. The third-order valence-electron chi connectivity index (χ3n) is 0. The van der Waals surface area contributed by atoms with Crippen LogP contribution in [0, 0.1) is 0 Å². The predicted octanol–water partition coefficient (Wildman–Crippen LogP) is -0.639. The average molecular weight is 83.0 g/mol. The Labute approximate surface area is 25.3 Å². The van der Waals surface area contributed by atoms with Crippen LogP contribution in [0.25, 0.3) is 0 Å². The van der Waals surface area contributed by atoms with Crippen LogP contribution in [-0.4, -0.2) is 11.2 Å². The second kappa shape index (κ2) is 1.47. The Morgan fingerprint density at radius 1 is 2.25 bits per heavy atom. The van der Waals surface area contributed by atoms with E-state index in [-0.39, 0.29) is 0 Å². The molecule has 0 heterocycles.